The maximum absolute atomic E-state index is 12.8. The van der Waals surface area contributed by atoms with Crippen molar-refractivity contribution in [2.75, 3.05) is 0 Å². The number of halogens is 1. The molecule has 8 heteroatoms. The summed E-state index contributed by atoms with van der Waals surface area (Å²) in [6.45, 7) is 0. The van der Waals surface area contributed by atoms with Gasteiger partial charge in [0.25, 0.3) is 5.56 Å². The fourth-order valence-electron chi connectivity index (χ4n) is 4.33. The van der Waals surface area contributed by atoms with Crippen LogP contribution in [0.4, 0.5) is 0 Å². The van der Waals surface area contributed by atoms with E-state index in [1.54, 1.807) is 50.0 Å². The molecule has 1 aromatic carbocycles. The van der Waals surface area contributed by atoms with Crippen molar-refractivity contribution in [1.29, 1.82) is 0 Å². The molecule has 0 spiro atoms. The number of aryl methyl sites for hydroxylation is 2. The first-order valence-electron chi connectivity index (χ1n) is 10.8. The van der Waals surface area contributed by atoms with E-state index in [1.165, 1.54) is 4.57 Å². The van der Waals surface area contributed by atoms with Crippen LogP contribution in [-0.4, -0.2) is 24.1 Å². The molecule has 5 rings (SSSR count). The van der Waals surface area contributed by atoms with Crippen molar-refractivity contribution in [2.45, 2.75) is 5.54 Å². The van der Waals surface area contributed by atoms with Crippen molar-refractivity contribution in [1.82, 2.24) is 24.1 Å². The average molecular weight is 481 g/mol. The molecule has 35 heavy (non-hydrogen) atoms. The van der Waals surface area contributed by atoms with Crippen molar-refractivity contribution >= 4 is 22.6 Å². The molecule has 2 N–H and O–H groups in total. The van der Waals surface area contributed by atoms with E-state index in [-0.39, 0.29) is 5.56 Å². The van der Waals surface area contributed by atoms with Crippen LogP contribution in [0, 0.1) is 12.3 Å². The van der Waals surface area contributed by atoms with Crippen LogP contribution in [0.2, 0.25) is 5.02 Å². The van der Waals surface area contributed by atoms with Gasteiger partial charge in [0.1, 0.15) is 16.9 Å². The van der Waals surface area contributed by atoms with Gasteiger partial charge in [0.05, 0.1) is 23.9 Å². The highest BCUT2D eigenvalue weighted by molar-refractivity contribution is 6.30. The second-order valence-electron chi connectivity index (χ2n) is 8.31. The molecule has 0 aliphatic rings. The molecule has 0 fully saturated rings. The van der Waals surface area contributed by atoms with Gasteiger partial charge in [-0.05, 0) is 35.9 Å². The van der Waals surface area contributed by atoms with Crippen LogP contribution in [0.3, 0.4) is 0 Å². The molecule has 0 amide bonds. The van der Waals surface area contributed by atoms with Gasteiger partial charge >= 0.3 is 0 Å². The fraction of sp³-hybridized carbons (Fsp3) is 0.111. The number of fused-ring (bicyclic) bond motifs is 1. The highest BCUT2D eigenvalue weighted by Crippen LogP contribution is 2.36. The Hall–Kier alpha value is -4.25. The fourth-order valence-corrected chi connectivity index (χ4v) is 4.46. The second kappa shape index (κ2) is 8.51. The predicted octanol–water partition coefficient (Wildman–Crippen LogP) is 3.61. The van der Waals surface area contributed by atoms with E-state index in [9.17, 15) is 4.79 Å². The van der Waals surface area contributed by atoms with Gasteiger partial charge in [-0.1, -0.05) is 35.7 Å². The average Bonchev–Trinajstić information content (AvgIpc) is 3.32. The molecule has 0 aliphatic carbocycles. The van der Waals surface area contributed by atoms with Crippen LogP contribution in [0.1, 0.15) is 22.5 Å². The molecular formula is C27H21ClN6O. The van der Waals surface area contributed by atoms with Crippen LogP contribution in [0.15, 0.2) is 78.1 Å². The normalized spacial score (nSPS) is 12.9. The molecule has 7 nitrogen and oxygen atoms in total. The molecule has 5 aromatic rings. The highest BCUT2D eigenvalue weighted by Gasteiger charge is 2.35. The van der Waals surface area contributed by atoms with Crippen LogP contribution in [0.25, 0.3) is 22.3 Å². The molecule has 0 saturated carbocycles. The number of nitrogens with two attached hydrogens (primary N) is 1. The minimum Gasteiger partial charge on any atom is -0.336 e. The van der Waals surface area contributed by atoms with Gasteiger partial charge in [-0.3, -0.25) is 9.36 Å². The summed E-state index contributed by atoms with van der Waals surface area (Å²) in [6.07, 6.45) is 10.7. The van der Waals surface area contributed by atoms with Gasteiger partial charge in [0.2, 0.25) is 0 Å². The van der Waals surface area contributed by atoms with E-state index in [4.69, 9.17) is 23.8 Å². The topological polar surface area (TPSA) is 91.6 Å². The summed E-state index contributed by atoms with van der Waals surface area (Å²) >= 11 is 6.16. The molecule has 172 valence electrons. The Balaban J connectivity index is 1.84. The lowest BCUT2D eigenvalue weighted by molar-refractivity contribution is 0.594. The van der Waals surface area contributed by atoms with Crippen molar-refractivity contribution in [3.05, 3.63) is 111 Å². The molecule has 4 heterocycles. The van der Waals surface area contributed by atoms with Gasteiger partial charge in [0, 0.05) is 47.9 Å². The van der Waals surface area contributed by atoms with E-state index in [2.05, 4.69) is 20.9 Å². The minimum atomic E-state index is -1.10. The maximum atomic E-state index is 12.8. The largest absolute Gasteiger partial charge is 0.336 e. The Morgan fingerprint density at radius 2 is 1.83 bits per heavy atom. The number of benzene rings is 1. The van der Waals surface area contributed by atoms with Crippen LogP contribution >= 0.6 is 11.6 Å². The lowest BCUT2D eigenvalue weighted by Gasteiger charge is -2.31. The minimum absolute atomic E-state index is 0.205. The zero-order chi connectivity index (χ0) is 24.7. The highest BCUT2D eigenvalue weighted by atomic mass is 35.5. The Bertz CT molecular complexity index is 1680. The molecule has 1 unspecified atom stereocenters. The van der Waals surface area contributed by atoms with Gasteiger partial charge in [-0.15, -0.1) is 6.42 Å². The van der Waals surface area contributed by atoms with Gasteiger partial charge in [-0.25, -0.2) is 15.0 Å². The molecule has 0 radical (unpaired) electrons. The molecule has 0 aliphatic heterocycles. The van der Waals surface area contributed by atoms with E-state index in [0.29, 0.717) is 33.2 Å². The van der Waals surface area contributed by atoms with Crippen LogP contribution < -0.4 is 11.3 Å². The lowest BCUT2D eigenvalue weighted by Crippen LogP contribution is -2.41. The first-order valence-corrected chi connectivity index (χ1v) is 11.2. The molecule has 4 aromatic heterocycles. The summed E-state index contributed by atoms with van der Waals surface area (Å²) in [5, 5.41) is 1.33. The Labute approximate surface area is 206 Å². The van der Waals surface area contributed by atoms with E-state index < -0.39 is 5.54 Å². The zero-order valence-corrected chi connectivity index (χ0v) is 19.9. The first-order chi connectivity index (χ1) is 16.8. The second-order valence-corrected chi connectivity index (χ2v) is 8.74. The quantitative estimate of drug-likeness (QED) is 0.397. The van der Waals surface area contributed by atoms with Gasteiger partial charge in [0.15, 0.2) is 0 Å². The number of nitrogens with zero attached hydrogens (tertiary/aromatic N) is 5. The summed E-state index contributed by atoms with van der Waals surface area (Å²) in [4.78, 5) is 26.3. The number of pyridine rings is 3. The number of imidazole rings is 1. The Kier molecular flexibility index (Phi) is 5.48. The van der Waals surface area contributed by atoms with E-state index in [1.807, 2.05) is 41.9 Å². The third kappa shape index (κ3) is 3.69. The summed E-state index contributed by atoms with van der Waals surface area (Å²) in [7, 11) is 3.57. The summed E-state index contributed by atoms with van der Waals surface area (Å²) in [6, 6.07) is 16.2. The summed E-state index contributed by atoms with van der Waals surface area (Å²) in [5.74, 6) is 2.55. The maximum Gasteiger partial charge on any atom is 0.252 e. The first kappa shape index (κ1) is 22.5. The molecule has 0 bridgehead atoms. The van der Waals surface area contributed by atoms with E-state index >= 15 is 0 Å². The Morgan fingerprint density at radius 1 is 1.06 bits per heavy atom. The summed E-state index contributed by atoms with van der Waals surface area (Å²) < 4.78 is 3.37. The van der Waals surface area contributed by atoms with Gasteiger partial charge in [-0.2, -0.15) is 0 Å². The Morgan fingerprint density at radius 3 is 2.51 bits per heavy atom. The number of hydrogen-bond donors (Lipinski definition) is 1. The molecule has 0 saturated heterocycles. The smallest absolute Gasteiger partial charge is 0.252 e. The number of terminal acetylenes is 1. The lowest BCUT2D eigenvalue weighted by atomic mass is 9.81. The summed E-state index contributed by atoms with van der Waals surface area (Å²) in [5.41, 5.74) is 10.4. The molecule has 1 atom stereocenters. The van der Waals surface area contributed by atoms with E-state index in [0.717, 1.165) is 16.6 Å². The molecular weight excluding hydrogens is 460 g/mol. The van der Waals surface area contributed by atoms with Crippen molar-refractivity contribution in [3.8, 4) is 23.6 Å². The number of aromatic nitrogens is 5. The van der Waals surface area contributed by atoms with Crippen molar-refractivity contribution in [3.63, 3.8) is 0 Å². The monoisotopic (exact) mass is 480 g/mol. The number of rotatable bonds is 4. The van der Waals surface area contributed by atoms with Crippen LogP contribution in [0.5, 0.6) is 0 Å². The predicted molar refractivity (Wildman–Crippen MR) is 137 cm³/mol. The van der Waals surface area contributed by atoms with Crippen molar-refractivity contribution < 1.29 is 0 Å². The third-order valence-electron chi connectivity index (χ3n) is 6.22. The van der Waals surface area contributed by atoms with Crippen LogP contribution in [-0.2, 0) is 19.6 Å². The van der Waals surface area contributed by atoms with Crippen molar-refractivity contribution in [2.24, 2.45) is 19.8 Å². The van der Waals surface area contributed by atoms with Gasteiger partial charge < -0.3 is 10.3 Å². The number of hydrogen-bond acceptors (Lipinski definition) is 5. The zero-order valence-electron chi connectivity index (χ0n) is 19.1. The third-order valence-corrected chi connectivity index (χ3v) is 6.47. The SMILES string of the molecule is C#Cc1cccc(-c2cc(=O)n(C)c3ncc(C(N)(c4ccc(Cl)cc4)c4cncn4C)cc23)n1. The standard InChI is InChI=1S/C27H21ClN6O/c1-4-20-6-5-7-23(32-20)21-13-25(35)34(3)26-22(21)12-18(14-31-26)27(29,24-15-30-16-33(24)2)17-8-10-19(28)11-9-17/h1,5-16H,29H2,2-3H3.